The van der Waals surface area contributed by atoms with Crippen LogP contribution in [-0.2, 0) is 14.1 Å². The van der Waals surface area contributed by atoms with Gasteiger partial charge >= 0.3 is 5.97 Å². The third kappa shape index (κ3) is 3.37. The van der Waals surface area contributed by atoms with Gasteiger partial charge < -0.3 is 9.30 Å². The summed E-state index contributed by atoms with van der Waals surface area (Å²) in [4.78, 5) is 12.6. The predicted molar refractivity (Wildman–Crippen MR) is 116 cm³/mol. The average molecular weight is 396 g/mol. The zero-order valence-corrected chi connectivity index (χ0v) is 18.0. The van der Waals surface area contributed by atoms with Crippen molar-refractivity contribution in [1.82, 2.24) is 0 Å². The van der Waals surface area contributed by atoms with Crippen molar-refractivity contribution in [1.29, 1.82) is 0 Å². The van der Waals surface area contributed by atoms with E-state index in [4.69, 9.17) is 4.74 Å². The molecule has 0 radical (unpaired) electrons. The zero-order chi connectivity index (χ0) is 20.5. The van der Waals surface area contributed by atoms with Crippen LogP contribution in [0.3, 0.4) is 0 Å². The van der Waals surface area contributed by atoms with Crippen molar-refractivity contribution in [3.05, 3.63) is 78.4 Å². The fraction of sp³-hybridized carbons (Fsp3) is 0.375. The number of methoxy groups -OCH3 is 1. The molecule has 1 aliphatic rings. The molecule has 2 aromatic carbocycles. The lowest BCUT2D eigenvalue weighted by Crippen LogP contribution is -2.35. The number of hydrogen-bond acceptors (Lipinski definition) is 3. The number of hydrogen-bond donors (Lipinski definition) is 0. The summed E-state index contributed by atoms with van der Waals surface area (Å²) in [7, 11) is -1.56. The number of esters is 1. The fourth-order valence-electron chi connectivity index (χ4n) is 4.57. The van der Waals surface area contributed by atoms with E-state index in [0.717, 1.165) is 16.4 Å². The van der Waals surface area contributed by atoms with E-state index in [0.29, 0.717) is 6.42 Å². The number of allylic oxidation sites excluding steroid dienone is 1. The molecular weight excluding hydrogens is 367 g/mol. The molecule has 2 aromatic rings. The molecule has 4 atom stereocenters. The van der Waals surface area contributed by atoms with E-state index in [1.54, 1.807) is 0 Å². The van der Waals surface area contributed by atoms with Crippen LogP contribution in [0, 0.1) is 5.92 Å². The number of carbonyl (C=O) groups excluding carboxylic acids is 1. The van der Waals surface area contributed by atoms with Gasteiger partial charge in [-0.15, -0.1) is 0 Å². The topological polar surface area (TPSA) is 43.4 Å². The Kier molecular flexibility index (Phi) is 5.68. The Morgan fingerprint density at radius 1 is 1.04 bits per heavy atom. The lowest BCUT2D eigenvalue weighted by atomic mass is 9.88. The van der Waals surface area contributed by atoms with Gasteiger partial charge in [0.15, 0.2) is 0 Å². The minimum Gasteiger partial charge on any atom is -0.469 e. The molecule has 4 heteroatoms. The van der Waals surface area contributed by atoms with E-state index in [1.165, 1.54) is 7.11 Å². The van der Waals surface area contributed by atoms with Gasteiger partial charge in [-0.25, -0.2) is 0 Å². The van der Waals surface area contributed by atoms with Gasteiger partial charge in [0.05, 0.1) is 13.0 Å². The van der Waals surface area contributed by atoms with E-state index >= 15 is 0 Å². The summed E-state index contributed by atoms with van der Waals surface area (Å²) in [5.74, 6) is -0.846. The number of carbonyl (C=O) groups is 1. The van der Waals surface area contributed by atoms with Crippen molar-refractivity contribution < 1.29 is 14.1 Å². The Balaban J connectivity index is 2.24. The van der Waals surface area contributed by atoms with Crippen LogP contribution in [-0.4, -0.2) is 23.9 Å². The minimum absolute atomic E-state index is 0.216. The van der Waals surface area contributed by atoms with Crippen LogP contribution in [0.4, 0.5) is 0 Å². The molecule has 0 spiro atoms. The third-order valence-electron chi connectivity index (χ3n) is 5.89. The van der Waals surface area contributed by atoms with E-state index in [1.807, 2.05) is 81.4 Å². The molecule has 0 bridgehead atoms. The number of ether oxygens (including phenoxy) is 1. The second kappa shape index (κ2) is 7.72. The summed E-state index contributed by atoms with van der Waals surface area (Å²) >= 11 is 0. The van der Waals surface area contributed by atoms with Crippen LogP contribution in [0.1, 0.15) is 38.7 Å². The summed E-state index contributed by atoms with van der Waals surface area (Å²) in [5.41, 5.74) is 1.59. The molecule has 0 aliphatic heterocycles. The second-order valence-corrected chi connectivity index (χ2v) is 12.3. The highest BCUT2D eigenvalue weighted by atomic mass is 31.2. The van der Waals surface area contributed by atoms with Crippen molar-refractivity contribution in [3.63, 3.8) is 0 Å². The molecule has 0 amide bonds. The molecule has 148 valence electrons. The maximum Gasteiger partial charge on any atom is 0.309 e. The molecule has 0 heterocycles. The van der Waals surface area contributed by atoms with Crippen molar-refractivity contribution in [2.45, 2.75) is 43.9 Å². The van der Waals surface area contributed by atoms with E-state index in [9.17, 15) is 9.36 Å². The first-order chi connectivity index (χ1) is 13.2. The van der Waals surface area contributed by atoms with Crippen molar-refractivity contribution in [3.8, 4) is 0 Å². The Bertz CT molecular complexity index is 896. The third-order valence-corrected chi connectivity index (χ3v) is 10.4. The fourth-order valence-corrected chi connectivity index (χ4v) is 8.57. The zero-order valence-electron chi connectivity index (χ0n) is 17.1. The van der Waals surface area contributed by atoms with Crippen LogP contribution in [0.25, 0.3) is 0 Å². The lowest BCUT2D eigenvalue weighted by molar-refractivity contribution is -0.145. The standard InChI is InChI=1S/C24H29O3P/c1-17-16-20(23(25)27-5)21(18-12-8-6-9-13-18)22(17)28(26,24(2,3)4)19-14-10-7-11-15-19/h6-15,20-22H,1,16H2,2-5H3/t20-,21+,22+,28-/m1/s1. The van der Waals surface area contributed by atoms with E-state index in [-0.39, 0.29) is 23.5 Å². The molecule has 0 N–H and O–H groups in total. The first-order valence-corrected chi connectivity index (χ1v) is 11.4. The molecule has 3 rings (SSSR count). The minimum atomic E-state index is -2.98. The second-order valence-electron chi connectivity index (χ2n) is 8.54. The Morgan fingerprint density at radius 2 is 1.57 bits per heavy atom. The molecule has 1 saturated carbocycles. The monoisotopic (exact) mass is 396 g/mol. The maximum atomic E-state index is 14.9. The van der Waals surface area contributed by atoms with Crippen molar-refractivity contribution in [2.24, 2.45) is 5.92 Å². The molecule has 0 unspecified atom stereocenters. The van der Waals surface area contributed by atoms with Gasteiger partial charge in [-0.05, 0) is 12.0 Å². The Labute approximate surface area is 168 Å². The van der Waals surface area contributed by atoms with Crippen molar-refractivity contribution in [2.75, 3.05) is 7.11 Å². The average Bonchev–Trinajstić information content (AvgIpc) is 3.04. The van der Waals surface area contributed by atoms with Gasteiger partial charge in [-0.3, -0.25) is 4.79 Å². The highest BCUT2D eigenvalue weighted by molar-refractivity contribution is 7.74. The van der Waals surface area contributed by atoms with Crippen LogP contribution >= 0.6 is 7.14 Å². The van der Waals surface area contributed by atoms with Crippen LogP contribution in [0.2, 0.25) is 0 Å². The summed E-state index contributed by atoms with van der Waals surface area (Å²) in [6, 6.07) is 19.6. The van der Waals surface area contributed by atoms with Crippen molar-refractivity contribution >= 4 is 18.4 Å². The van der Waals surface area contributed by atoms with Gasteiger partial charge in [0.25, 0.3) is 0 Å². The van der Waals surface area contributed by atoms with Crippen LogP contribution in [0.5, 0.6) is 0 Å². The number of rotatable bonds is 4. The van der Waals surface area contributed by atoms with Gasteiger partial charge in [0, 0.05) is 22.0 Å². The normalized spacial score (nSPS) is 24.6. The summed E-state index contributed by atoms with van der Waals surface area (Å²) in [6.45, 7) is 10.4. The van der Waals surface area contributed by atoms with Gasteiger partial charge in [0.1, 0.15) is 7.14 Å². The maximum absolute atomic E-state index is 14.9. The van der Waals surface area contributed by atoms with Gasteiger partial charge in [-0.1, -0.05) is 93.6 Å². The summed E-state index contributed by atoms with van der Waals surface area (Å²) in [6.07, 6.45) is 0.504. The molecule has 1 fully saturated rings. The van der Waals surface area contributed by atoms with Gasteiger partial charge in [0.2, 0.25) is 0 Å². The molecule has 28 heavy (non-hydrogen) atoms. The first-order valence-electron chi connectivity index (χ1n) is 9.67. The molecule has 3 nitrogen and oxygen atoms in total. The highest BCUT2D eigenvalue weighted by Gasteiger charge is 2.56. The first kappa shape index (κ1) is 20.6. The van der Waals surface area contributed by atoms with E-state index in [2.05, 4.69) is 6.58 Å². The molecule has 0 saturated heterocycles. The van der Waals surface area contributed by atoms with Crippen LogP contribution in [0.15, 0.2) is 72.8 Å². The summed E-state index contributed by atoms with van der Waals surface area (Å²) in [5, 5.41) is 0.375. The highest BCUT2D eigenvalue weighted by Crippen LogP contribution is 2.69. The number of benzene rings is 2. The molecule has 0 aromatic heterocycles. The smallest absolute Gasteiger partial charge is 0.309 e. The Morgan fingerprint density at radius 3 is 2.07 bits per heavy atom. The lowest BCUT2D eigenvalue weighted by Gasteiger charge is -2.40. The predicted octanol–water partition coefficient (Wildman–Crippen LogP) is 5.38. The Hall–Kier alpha value is -2.12. The summed E-state index contributed by atoms with van der Waals surface area (Å²) < 4.78 is 20.0. The van der Waals surface area contributed by atoms with Gasteiger partial charge in [-0.2, -0.15) is 0 Å². The largest absolute Gasteiger partial charge is 0.469 e. The molecular formula is C24H29O3P. The SMILES string of the molecule is C=C1C[C@@H](C(=O)OC)[C@H](c2ccccc2)[C@H]1[P@](=O)(c1ccccc1)C(C)(C)C. The van der Waals surface area contributed by atoms with Crippen LogP contribution < -0.4 is 5.30 Å². The quantitative estimate of drug-likeness (QED) is 0.396. The molecule has 1 aliphatic carbocycles. The van der Waals surface area contributed by atoms with E-state index < -0.39 is 12.3 Å².